The molecule has 0 aliphatic carbocycles. The number of benzene rings is 4. The van der Waals surface area contributed by atoms with Gasteiger partial charge in [0.25, 0.3) is 0 Å². The van der Waals surface area contributed by atoms with Crippen LogP contribution in [0.3, 0.4) is 0 Å². The van der Waals surface area contributed by atoms with Gasteiger partial charge in [0.2, 0.25) is 17.7 Å². The van der Waals surface area contributed by atoms with Crippen LogP contribution in [0.25, 0.3) is 0 Å². The minimum Gasteiger partial charge on any atom is -0.493 e. The van der Waals surface area contributed by atoms with Crippen molar-refractivity contribution in [1.82, 2.24) is 5.32 Å². The number of nitrogens with zero attached hydrogens (tertiary/aromatic N) is 1. The molecule has 234 valence electrons. The minimum absolute atomic E-state index is 0.115. The molecular formula is C37H35N3O5S. The lowest BCUT2D eigenvalue weighted by atomic mass is 10.1. The van der Waals surface area contributed by atoms with Gasteiger partial charge in [0.1, 0.15) is 5.37 Å². The molecule has 3 amide bonds. The second-order valence-electron chi connectivity index (χ2n) is 9.77. The zero-order chi connectivity index (χ0) is 40.4. The highest BCUT2D eigenvalue weighted by molar-refractivity contribution is 8.01. The van der Waals surface area contributed by atoms with Crippen molar-refractivity contribution in [1.29, 1.82) is 0 Å². The molecule has 4 aromatic carbocycles. The van der Waals surface area contributed by atoms with Crippen molar-refractivity contribution in [2.75, 3.05) is 25.1 Å². The molecule has 0 aromatic heterocycles. The number of carbonyl (C=O) groups is 3. The number of hydrogen-bond donors (Lipinski definition) is 2. The Bertz CT molecular complexity index is 2200. The Morgan fingerprint density at radius 2 is 1.78 bits per heavy atom. The van der Waals surface area contributed by atoms with Crippen LogP contribution in [0.1, 0.15) is 63.7 Å². The van der Waals surface area contributed by atoms with Crippen molar-refractivity contribution in [2.24, 2.45) is 5.73 Å². The van der Waals surface area contributed by atoms with Crippen molar-refractivity contribution in [3.05, 3.63) is 125 Å². The zero-order valence-electron chi connectivity index (χ0n) is 33.9. The number of nitrogens with two attached hydrogens (primary N) is 1. The summed E-state index contributed by atoms with van der Waals surface area (Å²) in [5, 5.41) is 0.324. The number of ether oxygens (including phenoxy) is 2. The number of anilines is 1. The van der Waals surface area contributed by atoms with Crippen LogP contribution >= 0.6 is 11.8 Å². The summed E-state index contributed by atoms with van der Waals surface area (Å²) in [6.45, 7) is -0.964. The van der Waals surface area contributed by atoms with Crippen molar-refractivity contribution in [2.45, 2.75) is 30.3 Å². The first kappa shape index (κ1) is 22.3. The lowest BCUT2D eigenvalue weighted by Crippen LogP contribution is -2.34. The highest BCUT2D eigenvalue weighted by Gasteiger charge is 2.42. The smallest absolute Gasteiger partial charge is 0.248 e. The van der Waals surface area contributed by atoms with Gasteiger partial charge in [-0.2, -0.15) is 0 Å². The van der Waals surface area contributed by atoms with Crippen LogP contribution in [0.15, 0.2) is 96.9 Å². The summed E-state index contributed by atoms with van der Waals surface area (Å²) in [5.41, 5.74) is 6.69. The van der Waals surface area contributed by atoms with E-state index >= 15 is 0 Å². The number of aryl methyl sites for hydroxylation is 1. The predicted molar refractivity (Wildman–Crippen MR) is 181 cm³/mol. The summed E-state index contributed by atoms with van der Waals surface area (Å²) >= 11 is 1.09. The third-order valence-corrected chi connectivity index (χ3v) is 8.16. The molecule has 46 heavy (non-hydrogen) atoms. The van der Waals surface area contributed by atoms with Gasteiger partial charge in [-0.05, 0) is 79.0 Å². The molecule has 0 unspecified atom stereocenters. The van der Waals surface area contributed by atoms with E-state index in [1.807, 2.05) is 0 Å². The summed E-state index contributed by atoms with van der Waals surface area (Å²) in [5.74, 6) is 3.80. The van der Waals surface area contributed by atoms with Crippen molar-refractivity contribution < 1.29 is 36.2 Å². The van der Waals surface area contributed by atoms with E-state index in [1.54, 1.807) is 43.3 Å². The fourth-order valence-corrected chi connectivity index (χ4v) is 6.02. The van der Waals surface area contributed by atoms with E-state index in [-0.39, 0.29) is 29.0 Å². The number of carbonyl (C=O) groups excluding carboxylic acids is 3. The summed E-state index contributed by atoms with van der Waals surface area (Å²) < 4.78 is 84.9. The highest BCUT2D eigenvalue weighted by Crippen LogP contribution is 2.46. The molecule has 5 rings (SSSR count). The Balaban J connectivity index is 1.41. The maximum atomic E-state index is 14.0. The van der Waals surface area contributed by atoms with Crippen LogP contribution in [0, 0.1) is 11.8 Å². The van der Waals surface area contributed by atoms with Crippen LogP contribution in [0.4, 0.5) is 5.69 Å². The van der Waals surface area contributed by atoms with Gasteiger partial charge in [-0.3, -0.25) is 19.3 Å². The molecule has 0 radical (unpaired) electrons. The van der Waals surface area contributed by atoms with E-state index in [1.165, 1.54) is 42.3 Å². The molecular weight excluding hydrogens is 598 g/mol. The van der Waals surface area contributed by atoms with Crippen LogP contribution in [-0.2, 0) is 16.0 Å². The van der Waals surface area contributed by atoms with E-state index in [2.05, 4.69) is 17.2 Å². The number of primary amides is 1. The third-order valence-electron chi connectivity index (χ3n) is 6.72. The van der Waals surface area contributed by atoms with Crippen LogP contribution in [0.5, 0.6) is 11.5 Å². The highest BCUT2D eigenvalue weighted by atomic mass is 32.2. The molecule has 1 saturated heterocycles. The van der Waals surface area contributed by atoms with Crippen LogP contribution in [0.2, 0.25) is 0 Å². The average molecular weight is 643 g/mol. The van der Waals surface area contributed by atoms with Gasteiger partial charge in [-0.25, -0.2) is 0 Å². The van der Waals surface area contributed by atoms with E-state index in [9.17, 15) is 14.4 Å². The van der Waals surface area contributed by atoms with Gasteiger partial charge in [-0.15, -0.1) is 11.8 Å². The van der Waals surface area contributed by atoms with E-state index in [0.717, 1.165) is 11.8 Å². The molecule has 0 spiro atoms. The Kier molecular flexibility index (Phi) is 7.37. The number of rotatable bonds is 11. The normalized spacial score (nSPS) is 19.0. The van der Waals surface area contributed by atoms with Gasteiger partial charge in [0.05, 0.1) is 25.8 Å². The number of nitrogens with one attached hydrogen (secondary N) is 1. The maximum Gasteiger partial charge on any atom is 0.248 e. The SMILES string of the molecule is [2H]c1c([2H])c([2H])c(C#Cc2ccc([C@@H]3S[C@H](CC(=O)NC([2H])([2H])C([2H])([2H])c4ccc(OC)c(OCC)c4)C(=O)N3c3cccc(C(N)=O)c3)cc2)c([2H])c1[2H]. The van der Waals surface area contributed by atoms with Crippen molar-refractivity contribution in [3.8, 4) is 23.3 Å². The van der Waals surface area contributed by atoms with Gasteiger partial charge in [-0.1, -0.05) is 54.2 Å². The van der Waals surface area contributed by atoms with Gasteiger partial charge in [0, 0.05) is 40.8 Å². The summed E-state index contributed by atoms with van der Waals surface area (Å²) in [7, 11) is 1.41. The Morgan fingerprint density at radius 1 is 1.02 bits per heavy atom. The fraction of sp³-hybridized carbons (Fsp3) is 0.216. The number of amides is 3. The molecule has 9 heteroatoms. The average Bonchev–Trinajstić information content (AvgIpc) is 3.47. The Labute approximate surface area is 285 Å². The van der Waals surface area contributed by atoms with Gasteiger partial charge < -0.3 is 20.5 Å². The van der Waals surface area contributed by atoms with E-state index in [0.29, 0.717) is 22.6 Å². The first-order valence-electron chi connectivity index (χ1n) is 18.6. The Hall–Kier alpha value is -5.20. The second-order valence-corrected chi connectivity index (χ2v) is 11.1. The molecule has 2 atom stereocenters. The molecule has 1 aliphatic rings. The first-order chi connectivity index (χ1) is 25.9. The molecule has 3 N–H and O–H groups in total. The summed E-state index contributed by atoms with van der Waals surface area (Å²) in [6.07, 6.45) is -3.26. The van der Waals surface area contributed by atoms with Crippen LogP contribution < -0.4 is 25.4 Å². The lowest BCUT2D eigenvalue weighted by Gasteiger charge is -2.24. The minimum atomic E-state index is -2.94. The molecule has 0 bridgehead atoms. The molecule has 1 aliphatic heterocycles. The Morgan fingerprint density at radius 3 is 2.50 bits per heavy atom. The molecule has 4 aromatic rings. The standard InChI is InChI=1S/C37H35N3O5S/c1-3-45-32-22-27(16-19-31(32)44-2)20-21-39-34(41)24-33-36(43)40(30-11-7-10-29(23-30)35(38)42)37(46-33)28-17-14-26(15-18-28)13-12-25-8-5-4-6-9-25/h4-11,14-19,22-23,33,37H,3,20-21,24H2,1-2H3,(H2,38,42)(H,39,41)/t33-,37+/m1/s1/i4D,5D,6D,8D,9D,20D2,21D2. The molecule has 0 saturated carbocycles. The largest absolute Gasteiger partial charge is 0.493 e. The molecule has 8 nitrogen and oxygen atoms in total. The number of thioether (sulfide) groups is 1. The molecule has 1 heterocycles. The topological polar surface area (TPSA) is 111 Å². The summed E-state index contributed by atoms with van der Waals surface area (Å²) in [4.78, 5) is 40.8. The summed E-state index contributed by atoms with van der Waals surface area (Å²) in [6, 6.07) is 14.3. The van der Waals surface area contributed by atoms with Gasteiger partial charge >= 0.3 is 0 Å². The second kappa shape index (κ2) is 15.2. The predicted octanol–water partition coefficient (Wildman–Crippen LogP) is 5.49. The molecule has 1 fully saturated rings. The quantitative estimate of drug-likeness (QED) is 0.210. The number of hydrogen-bond acceptors (Lipinski definition) is 6. The van der Waals surface area contributed by atoms with Crippen LogP contribution in [-0.4, -0.2) is 43.2 Å². The van der Waals surface area contributed by atoms with Crippen molar-refractivity contribution >= 4 is 35.2 Å². The third kappa shape index (κ3) is 7.89. The maximum absolute atomic E-state index is 14.0. The monoisotopic (exact) mass is 642 g/mol. The van der Waals surface area contributed by atoms with E-state index in [4.69, 9.17) is 27.5 Å². The lowest BCUT2D eigenvalue weighted by molar-refractivity contribution is -0.124. The van der Waals surface area contributed by atoms with Gasteiger partial charge in [0.15, 0.2) is 11.5 Å². The number of methoxy groups -OCH3 is 1. The first-order valence-corrected chi connectivity index (χ1v) is 15.1. The zero-order valence-corrected chi connectivity index (χ0v) is 25.7. The van der Waals surface area contributed by atoms with E-state index < -0.39 is 77.8 Å². The fourth-order valence-electron chi connectivity index (χ4n) is 4.57. The van der Waals surface area contributed by atoms with Crippen molar-refractivity contribution in [3.63, 3.8) is 0 Å².